The maximum absolute atomic E-state index is 12.7. The zero-order valence-corrected chi connectivity index (χ0v) is 14.5. The molecule has 0 fully saturated rings. The molecule has 2 N–H and O–H groups in total. The number of fused-ring (bicyclic) bond motifs is 1. The SMILES string of the molecule is Cc1ccccc1-c1cc(O)c2c(c1)CN(C(=O)c1ccc[nH]1)CCO2. The lowest BCUT2D eigenvalue weighted by atomic mass is 9.98. The molecular weight excluding hydrogens is 328 g/mol. The second kappa shape index (κ2) is 6.59. The van der Waals surface area contributed by atoms with Crippen LogP contribution in [0.1, 0.15) is 21.6 Å². The Morgan fingerprint density at radius 1 is 1.19 bits per heavy atom. The first-order valence-corrected chi connectivity index (χ1v) is 8.61. The van der Waals surface area contributed by atoms with Crippen LogP contribution in [-0.4, -0.2) is 34.0 Å². The van der Waals surface area contributed by atoms with Crippen molar-refractivity contribution in [3.05, 3.63) is 71.5 Å². The van der Waals surface area contributed by atoms with E-state index in [-0.39, 0.29) is 11.7 Å². The summed E-state index contributed by atoms with van der Waals surface area (Å²) in [7, 11) is 0. The van der Waals surface area contributed by atoms with Crippen LogP contribution >= 0.6 is 0 Å². The van der Waals surface area contributed by atoms with Gasteiger partial charge in [0.1, 0.15) is 12.3 Å². The molecule has 132 valence electrons. The third-order valence-electron chi connectivity index (χ3n) is 4.69. The number of nitrogens with one attached hydrogen (secondary N) is 1. The van der Waals surface area contributed by atoms with Crippen LogP contribution in [0.15, 0.2) is 54.7 Å². The summed E-state index contributed by atoms with van der Waals surface area (Å²) in [6.07, 6.45) is 1.73. The molecule has 0 spiro atoms. The number of aromatic nitrogens is 1. The van der Waals surface area contributed by atoms with Crippen molar-refractivity contribution in [3.63, 3.8) is 0 Å². The summed E-state index contributed by atoms with van der Waals surface area (Å²) in [5, 5.41) is 10.5. The average Bonchev–Trinajstić information content (AvgIpc) is 3.08. The van der Waals surface area contributed by atoms with Gasteiger partial charge >= 0.3 is 0 Å². The number of phenols is 1. The van der Waals surface area contributed by atoms with Crippen molar-refractivity contribution >= 4 is 5.91 Å². The zero-order valence-electron chi connectivity index (χ0n) is 14.5. The van der Waals surface area contributed by atoms with Gasteiger partial charge in [0.05, 0.1) is 6.54 Å². The van der Waals surface area contributed by atoms with E-state index in [0.29, 0.717) is 31.1 Å². The molecule has 1 aliphatic rings. The molecule has 4 rings (SSSR count). The van der Waals surface area contributed by atoms with Crippen molar-refractivity contribution in [2.75, 3.05) is 13.2 Å². The minimum atomic E-state index is -0.0766. The van der Waals surface area contributed by atoms with Gasteiger partial charge in [0.2, 0.25) is 0 Å². The van der Waals surface area contributed by atoms with E-state index in [0.717, 1.165) is 22.3 Å². The molecule has 26 heavy (non-hydrogen) atoms. The number of carbonyl (C=O) groups is 1. The predicted molar refractivity (Wildman–Crippen MR) is 99.3 cm³/mol. The summed E-state index contributed by atoms with van der Waals surface area (Å²) >= 11 is 0. The summed E-state index contributed by atoms with van der Waals surface area (Å²) in [5.41, 5.74) is 4.45. The van der Waals surface area contributed by atoms with E-state index in [1.54, 1.807) is 29.3 Å². The first kappa shape index (κ1) is 16.3. The maximum Gasteiger partial charge on any atom is 0.270 e. The fraction of sp³-hybridized carbons (Fsp3) is 0.190. The van der Waals surface area contributed by atoms with Crippen molar-refractivity contribution in [1.82, 2.24) is 9.88 Å². The molecular formula is C21H20N2O3. The molecule has 0 aliphatic carbocycles. The molecule has 0 saturated heterocycles. The fourth-order valence-electron chi connectivity index (χ4n) is 3.36. The molecule has 2 aromatic carbocycles. The Morgan fingerprint density at radius 2 is 2.04 bits per heavy atom. The van der Waals surface area contributed by atoms with Gasteiger partial charge in [-0.3, -0.25) is 4.79 Å². The lowest BCUT2D eigenvalue weighted by molar-refractivity contribution is 0.0728. The Kier molecular flexibility index (Phi) is 4.13. The Morgan fingerprint density at radius 3 is 2.81 bits per heavy atom. The van der Waals surface area contributed by atoms with Crippen molar-refractivity contribution in [2.45, 2.75) is 13.5 Å². The van der Waals surface area contributed by atoms with Crippen molar-refractivity contribution in [1.29, 1.82) is 0 Å². The number of aromatic hydroxyl groups is 1. The number of hydrogen-bond acceptors (Lipinski definition) is 3. The zero-order chi connectivity index (χ0) is 18.1. The van der Waals surface area contributed by atoms with E-state index in [1.807, 2.05) is 37.3 Å². The summed E-state index contributed by atoms with van der Waals surface area (Å²) in [6.45, 7) is 3.23. The van der Waals surface area contributed by atoms with E-state index in [9.17, 15) is 9.90 Å². The van der Waals surface area contributed by atoms with Gasteiger partial charge in [0.15, 0.2) is 11.5 Å². The molecule has 3 aromatic rings. The molecule has 0 unspecified atom stereocenters. The first-order valence-electron chi connectivity index (χ1n) is 8.61. The predicted octanol–water partition coefficient (Wildman–Crippen LogP) is 3.73. The second-order valence-electron chi connectivity index (χ2n) is 6.46. The first-order chi connectivity index (χ1) is 12.6. The number of amides is 1. The highest BCUT2D eigenvalue weighted by molar-refractivity contribution is 5.92. The van der Waals surface area contributed by atoms with Crippen LogP contribution in [0.5, 0.6) is 11.5 Å². The summed E-state index contributed by atoms with van der Waals surface area (Å²) in [4.78, 5) is 17.4. The van der Waals surface area contributed by atoms with Gasteiger partial charge in [-0.15, -0.1) is 0 Å². The van der Waals surface area contributed by atoms with Crippen LogP contribution in [0.2, 0.25) is 0 Å². The normalized spacial score (nSPS) is 13.7. The Labute approximate surface area is 151 Å². The van der Waals surface area contributed by atoms with E-state index in [1.165, 1.54) is 0 Å². The number of H-pyrrole nitrogens is 1. The van der Waals surface area contributed by atoms with Crippen LogP contribution in [0.3, 0.4) is 0 Å². The summed E-state index contributed by atoms with van der Waals surface area (Å²) in [5.74, 6) is 0.492. The summed E-state index contributed by atoms with van der Waals surface area (Å²) in [6, 6.07) is 15.3. The number of phenolic OH excluding ortho intramolecular Hbond substituents is 1. The van der Waals surface area contributed by atoms with E-state index in [2.05, 4.69) is 4.98 Å². The molecule has 1 amide bonds. The van der Waals surface area contributed by atoms with Crippen molar-refractivity contribution < 1.29 is 14.6 Å². The molecule has 0 saturated carbocycles. The fourth-order valence-corrected chi connectivity index (χ4v) is 3.36. The Hall–Kier alpha value is -3.21. The number of hydrogen-bond donors (Lipinski definition) is 2. The van der Waals surface area contributed by atoms with E-state index < -0.39 is 0 Å². The number of aryl methyl sites for hydroxylation is 1. The van der Waals surface area contributed by atoms with Gasteiger partial charge in [-0.05, 0) is 47.9 Å². The molecule has 5 heteroatoms. The lowest BCUT2D eigenvalue weighted by Gasteiger charge is -2.19. The maximum atomic E-state index is 12.7. The highest BCUT2D eigenvalue weighted by atomic mass is 16.5. The topological polar surface area (TPSA) is 65.6 Å². The molecule has 1 aliphatic heterocycles. The van der Waals surface area contributed by atoms with Crippen LogP contribution in [0.25, 0.3) is 11.1 Å². The van der Waals surface area contributed by atoms with Crippen molar-refractivity contribution in [3.8, 4) is 22.6 Å². The standard InChI is InChI=1S/C21H20N2O3/c1-14-5-2-3-6-17(14)15-11-16-13-23(21(25)18-7-4-8-22-18)9-10-26-20(16)19(24)12-15/h2-8,11-12,22,24H,9-10,13H2,1H3. The second-order valence-corrected chi connectivity index (χ2v) is 6.46. The number of nitrogens with zero attached hydrogens (tertiary/aromatic N) is 1. The molecule has 5 nitrogen and oxygen atoms in total. The lowest BCUT2D eigenvalue weighted by Crippen LogP contribution is -2.32. The average molecular weight is 348 g/mol. The number of benzene rings is 2. The van der Waals surface area contributed by atoms with Gasteiger partial charge in [-0.2, -0.15) is 0 Å². The summed E-state index contributed by atoms with van der Waals surface area (Å²) < 4.78 is 5.74. The third-order valence-corrected chi connectivity index (χ3v) is 4.69. The smallest absolute Gasteiger partial charge is 0.270 e. The number of ether oxygens (including phenoxy) is 1. The largest absolute Gasteiger partial charge is 0.504 e. The minimum absolute atomic E-state index is 0.0766. The van der Waals surface area contributed by atoms with Gasteiger partial charge in [0.25, 0.3) is 5.91 Å². The molecule has 0 radical (unpaired) electrons. The van der Waals surface area contributed by atoms with Gasteiger partial charge in [-0.1, -0.05) is 24.3 Å². The molecule has 2 heterocycles. The Balaban J connectivity index is 1.72. The number of rotatable bonds is 2. The van der Waals surface area contributed by atoms with Crippen LogP contribution in [0, 0.1) is 6.92 Å². The molecule has 1 aromatic heterocycles. The van der Waals surface area contributed by atoms with Crippen molar-refractivity contribution in [2.24, 2.45) is 0 Å². The number of aromatic amines is 1. The third kappa shape index (κ3) is 2.92. The van der Waals surface area contributed by atoms with Crippen LogP contribution < -0.4 is 4.74 Å². The van der Waals surface area contributed by atoms with Gasteiger partial charge in [-0.25, -0.2) is 0 Å². The van der Waals surface area contributed by atoms with Gasteiger partial charge < -0.3 is 19.7 Å². The Bertz CT molecular complexity index is 948. The minimum Gasteiger partial charge on any atom is -0.504 e. The van der Waals surface area contributed by atoms with Gasteiger partial charge in [0, 0.05) is 18.3 Å². The monoisotopic (exact) mass is 348 g/mol. The highest BCUT2D eigenvalue weighted by Gasteiger charge is 2.24. The van der Waals surface area contributed by atoms with E-state index in [4.69, 9.17) is 4.74 Å². The highest BCUT2D eigenvalue weighted by Crippen LogP contribution is 2.38. The van der Waals surface area contributed by atoms with Crippen LogP contribution in [0.4, 0.5) is 0 Å². The quantitative estimate of drug-likeness (QED) is 0.742. The van der Waals surface area contributed by atoms with Crippen LogP contribution in [-0.2, 0) is 6.54 Å². The molecule has 0 atom stereocenters. The molecule has 0 bridgehead atoms. The van der Waals surface area contributed by atoms with E-state index >= 15 is 0 Å². The number of carbonyl (C=O) groups excluding carboxylic acids is 1.